The Kier molecular flexibility index (Phi) is 7.37. The topological polar surface area (TPSA) is 96.2 Å². The molecule has 1 atom stereocenters. The molecule has 0 bridgehead atoms. The van der Waals surface area contributed by atoms with Gasteiger partial charge in [0, 0.05) is 47.9 Å². The van der Waals surface area contributed by atoms with Crippen LogP contribution in [0.5, 0.6) is 0 Å². The van der Waals surface area contributed by atoms with Crippen molar-refractivity contribution in [2.45, 2.75) is 38.3 Å². The zero-order valence-electron chi connectivity index (χ0n) is 19.7. The van der Waals surface area contributed by atoms with Crippen LogP contribution in [0, 0.1) is 5.82 Å². The summed E-state index contributed by atoms with van der Waals surface area (Å²) in [6, 6.07) is 8.95. The van der Waals surface area contributed by atoms with Gasteiger partial charge in [0.15, 0.2) is 0 Å². The van der Waals surface area contributed by atoms with Crippen molar-refractivity contribution in [3.8, 4) is 0 Å². The molecule has 0 saturated carbocycles. The number of nitrogens with one attached hydrogen (secondary N) is 1. The minimum absolute atomic E-state index is 0.0803. The Bertz CT molecular complexity index is 1370. The van der Waals surface area contributed by atoms with Crippen LogP contribution in [-0.4, -0.2) is 46.2 Å². The third-order valence-corrected chi connectivity index (χ3v) is 6.16. The number of benzene rings is 1. The molecule has 1 saturated heterocycles. The van der Waals surface area contributed by atoms with Gasteiger partial charge in [-0.05, 0) is 42.2 Å². The molecule has 0 aliphatic carbocycles. The monoisotopic (exact) mass is 519 g/mol. The second kappa shape index (κ2) is 10.5. The van der Waals surface area contributed by atoms with Crippen molar-refractivity contribution in [1.82, 2.24) is 15.1 Å². The molecule has 1 N–H and O–H groups in total. The Morgan fingerprint density at radius 2 is 1.92 bits per heavy atom. The van der Waals surface area contributed by atoms with Gasteiger partial charge in [0.25, 0.3) is 11.5 Å². The summed E-state index contributed by atoms with van der Waals surface area (Å²) in [5, 5.41) is 6.46. The molecule has 37 heavy (non-hydrogen) atoms. The summed E-state index contributed by atoms with van der Waals surface area (Å²) < 4.78 is 52.3. The lowest BCUT2D eigenvalue weighted by atomic mass is 10.00. The first-order valence-electron chi connectivity index (χ1n) is 11.5. The molecule has 1 aromatic carbocycles. The van der Waals surface area contributed by atoms with E-state index in [1.165, 1.54) is 41.6 Å². The third kappa shape index (κ3) is 6.01. The van der Waals surface area contributed by atoms with Gasteiger partial charge < -0.3 is 4.90 Å². The van der Waals surface area contributed by atoms with Crippen molar-refractivity contribution in [3.63, 3.8) is 0 Å². The van der Waals surface area contributed by atoms with Gasteiger partial charge in [-0.1, -0.05) is 13.0 Å². The van der Waals surface area contributed by atoms with E-state index in [2.05, 4.69) is 15.0 Å². The van der Waals surface area contributed by atoms with E-state index in [1.807, 2.05) is 6.92 Å². The standard InChI is InChI=1S/C25H22F4N4O4/c1-2-16-13-19(30-31-22(16)34)11-15-3-4-21(26)20(12-15)23(35)32-8-5-18(14-32)17-6-9-33(10-7-17)37-24(36)25(27,28)29/h3-4,6-7,9-10,12-13,18H,2,5,8,11,14H2,1H3/p+1. The zero-order valence-corrected chi connectivity index (χ0v) is 19.7. The van der Waals surface area contributed by atoms with E-state index in [4.69, 9.17) is 0 Å². The first-order chi connectivity index (χ1) is 17.5. The van der Waals surface area contributed by atoms with Crippen molar-refractivity contribution >= 4 is 11.9 Å². The van der Waals surface area contributed by atoms with Crippen LogP contribution in [0.4, 0.5) is 17.6 Å². The lowest BCUT2D eigenvalue weighted by molar-refractivity contribution is -0.871. The van der Waals surface area contributed by atoms with Gasteiger partial charge in [-0.15, -0.1) is 0 Å². The molecular formula is C25H23F4N4O4+. The van der Waals surface area contributed by atoms with Crippen molar-refractivity contribution < 1.29 is 36.7 Å². The number of aromatic amines is 1. The Morgan fingerprint density at radius 1 is 1.19 bits per heavy atom. The van der Waals surface area contributed by atoms with Gasteiger partial charge in [0.1, 0.15) is 5.82 Å². The van der Waals surface area contributed by atoms with Crippen LogP contribution < -0.4 is 15.1 Å². The molecule has 1 fully saturated rings. The molecule has 4 rings (SSSR count). The number of carbonyl (C=O) groups is 2. The average molecular weight is 519 g/mol. The molecule has 3 heterocycles. The average Bonchev–Trinajstić information content (AvgIpc) is 3.36. The highest BCUT2D eigenvalue weighted by molar-refractivity contribution is 5.95. The minimum atomic E-state index is -5.11. The van der Waals surface area contributed by atoms with E-state index in [9.17, 15) is 31.9 Å². The summed E-state index contributed by atoms with van der Waals surface area (Å²) in [5.74, 6) is -3.60. The molecule has 8 nitrogen and oxygen atoms in total. The third-order valence-electron chi connectivity index (χ3n) is 6.16. The molecule has 0 radical (unpaired) electrons. The number of aryl methyl sites for hydroxylation is 1. The Labute approximate surface area is 208 Å². The van der Waals surface area contributed by atoms with E-state index in [-0.39, 0.29) is 23.6 Å². The second-order valence-corrected chi connectivity index (χ2v) is 8.66. The summed E-state index contributed by atoms with van der Waals surface area (Å²) in [7, 11) is 0. The van der Waals surface area contributed by atoms with Crippen molar-refractivity contribution in [2.75, 3.05) is 13.1 Å². The highest BCUT2D eigenvalue weighted by Crippen LogP contribution is 2.28. The normalized spacial score (nSPS) is 15.6. The maximum atomic E-state index is 14.6. The summed E-state index contributed by atoms with van der Waals surface area (Å²) in [5.41, 5.74) is 2.22. The predicted molar refractivity (Wildman–Crippen MR) is 121 cm³/mol. The zero-order chi connectivity index (χ0) is 26.7. The van der Waals surface area contributed by atoms with Crippen LogP contribution in [0.2, 0.25) is 0 Å². The summed E-state index contributed by atoms with van der Waals surface area (Å²) >= 11 is 0. The Hall–Kier alpha value is -4.09. The highest BCUT2D eigenvalue weighted by Gasteiger charge is 2.44. The number of alkyl halides is 3. The number of rotatable bonds is 6. The van der Waals surface area contributed by atoms with E-state index in [0.29, 0.717) is 47.4 Å². The van der Waals surface area contributed by atoms with E-state index >= 15 is 0 Å². The number of likely N-dealkylation sites (tertiary alicyclic amines) is 1. The van der Waals surface area contributed by atoms with Crippen molar-refractivity contribution in [3.05, 3.63) is 92.9 Å². The molecule has 1 amide bonds. The molecule has 1 aliphatic rings. The SMILES string of the molecule is CCc1cc(Cc2ccc(F)c(C(=O)N3CCC(c4cc[n+](OC(=O)C(F)(F)F)cc4)C3)c2)n[nH]c1=O. The van der Waals surface area contributed by atoms with Crippen LogP contribution in [0.15, 0.2) is 53.6 Å². The van der Waals surface area contributed by atoms with Crippen LogP contribution in [0.1, 0.15) is 52.0 Å². The number of aromatic nitrogens is 3. The number of hydrogen-bond donors (Lipinski definition) is 1. The largest absolute Gasteiger partial charge is 0.498 e. The Balaban J connectivity index is 1.43. The Morgan fingerprint density at radius 3 is 2.59 bits per heavy atom. The fourth-order valence-corrected chi connectivity index (χ4v) is 4.19. The minimum Gasteiger partial charge on any atom is -0.338 e. The number of H-pyrrole nitrogens is 1. The lowest BCUT2D eigenvalue weighted by Crippen LogP contribution is -2.49. The molecular weight excluding hydrogens is 496 g/mol. The highest BCUT2D eigenvalue weighted by atomic mass is 19.4. The van der Waals surface area contributed by atoms with Crippen molar-refractivity contribution in [2.24, 2.45) is 0 Å². The second-order valence-electron chi connectivity index (χ2n) is 8.66. The maximum Gasteiger partial charge on any atom is 0.498 e. The molecule has 3 aromatic rings. The number of nitrogens with zero attached hydrogens (tertiary/aromatic N) is 3. The summed E-state index contributed by atoms with van der Waals surface area (Å²) in [4.78, 5) is 41.6. The first-order valence-corrected chi connectivity index (χ1v) is 11.5. The van der Waals surface area contributed by atoms with Crippen LogP contribution in [0.3, 0.4) is 0 Å². The summed E-state index contributed by atoms with van der Waals surface area (Å²) in [6.07, 6.45) is -1.34. The molecule has 1 unspecified atom stereocenters. The number of hydrogen-bond acceptors (Lipinski definition) is 5. The molecule has 1 aliphatic heterocycles. The van der Waals surface area contributed by atoms with Crippen LogP contribution >= 0.6 is 0 Å². The van der Waals surface area contributed by atoms with Gasteiger partial charge in [0.05, 0.1) is 11.3 Å². The van der Waals surface area contributed by atoms with Gasteiger partial charge >= 0.3 is 12.1 Å². The molecule has 2 aromatic heterocycles. The maximum absolute atomic E-state index is 14.6. The molecule has 194 valence electrons. The number of carbonyl (C=O) groups excluding carboxylic acids is 2. The van der Waals surface area contributed by atoms with Gasteiger partial charge in [0.2, 0.25) is 12.4 Å². The fourth-order valence-electron chi connectivity index (χ4n) is 4.19. The fraction of sp³-hybridized carbons (Fsp3) is 0.320. The van der Waals surface area contributed by atoms with Crippen molar-refractivity contribution in [1.29, 1.82) is 0 Å². The molecule has 0 spiro atoms. The van der Waals surface area contributed by atoms with E-state index in [0.717, 1.165) is 5.56 Å². The van der Waals surface area contributed by atoms with Gasteiger partial charge in [-0.25, -0.2) is 14.3 Å². The number of amides is 1. The summed E-state index contributed by atoms with van der Waals surface area (Å²) in [6.45, 7) is 2.50. The number of pyridine rings is 1. The smallest absolute Gasteiger partial charge is 0.338 e. The van der Waals surface area contributed by atoms with Crippen LogP contribution in [-0.2, 0) is 17.6 Å². The van der Waals surface area contributed by atoms with Crippen LogP contribution in [0.25, 0.3) is 0 Å². The molecule has 12 heteroatoms. The first kappa shape index (κ1) is 26.0. The lowest BCUT2D eigenvalue weighted by Gasteiger charge is -2.17. The van der Waals surface area contributed by atoms with Gasteiger partial charge in [-0.3, -0.25) is 9.59 Å². The van der Waals surface area contributed by atoms with E-state index in [1.54, 1.807) is 12.1 Å². The van der Waals surface area contributed by atoms with Gasteiger partial charge in [-0.2, -0.15) is 23.1 Å². The van der Waals surface area contributed by atoms with E-state index < -0.39 is 23.9 Å². The predicted octanol–water partition coefficient (Wildman–Crippen LogP) is 2.50. The quantitative estimate of drug-likeness (QED) is 0.399. The number of halogens is 4.